The lowest BCUT2D eigenvalue weighted by Gasteiger charge is -2.12. The number of hydrogen-bond acceptors (Lipinski definition) is 6. The number of halogens is 4. The van der Waals surface area contributed by atoms with Gasteiger partial charge in [0.05, 0.1) is 15.5 Å². The molecule has 0 unspecified atom stereocenters. The van der Waals surface area contributed by atoms with E-state index in [9.17, 15) is 32.9 Å². The summed E-state index contributed by atoms with van der Waals surface area (Å²) >= 11 is 5.83. The van der Waals surface area contributed by atoms with Crippen LogP contribution in [-0.4, -0.2) is 23.3 Å². The van der Waals surface area contributed by atoms with Gasteiger partial charge in [0, 0.05) is 18.6 Å². The minimum absolute atomic E-state index is 0.100. The first kappa shape index (κ1) is 24.1. The Hall–Kier alpha value is -3.14. The highest BCUT2D eigenvalue weighted by molar-refractivity contribution is 6.32. The fourth-order valence-corrected chi connectivity index (χ4v) is 2.68. The molecule has 0 aliphatic heterocycles. The maximum absolute atomic E-state index is 12.7. The summed E-state index contributed by atoms with van der Waals surface area (Å²) in [4.78, 5) is 34.4. The zero-order chi connectivity index (χ0) is 23.2. The molecule has 2 aromatic carbocycles. The SMILES string of the molecule is CCCCC(=O)COC(=O)c1cc(Oc2ccc(C(F)(F)F)cc2Cl)ccc1[N+](=O)[O-]. The summed E-state index contributed by atoms with van der Waals surface area (Å²) in [6.07, 6.45) is -2.99. The van der Waals surface area contributed by atoms with Gasteiger partial charge in [-0.1, -0.05) is 24.9 Å². The van der Waals surface area contributed by atoms with Gasteiger partial charge >= 0.3 is 12.1 Å². The molecule has 11 heteroatoms. The number of nitrogens with zero attached hydrogens (tertiary/aromatic N) is 1. The quantitative estimate of drug-likeness (QED) is 0.260. The summed E-state index contributed by atoms with van der Waals surface area (Å²) in [6.45, 7) is 1.35. The molecule has 0 aromatic heterocycles. The molecule has 31 heavy (non-hydrogen) atoms. The summed E-state index contributed by atoms with van der Waals surface area (Å²) < 4.78 is 48.5. The largest absolute Gasteiger partial charge is 0.456 e. The van der Waals surface area contributed by atoms with Crippen molar-refractivity contribution in [2.45, 2.75) is 32.4 Å². The predicted octanol–water partition coefficient (Wildman–Crippen LogP) is 5.98. The molecule has 0 aliphatic rings. The number of nitro groups is 1. The van der Waals surface area contributed by atoms with E-state index in [1.165, 1.54) is 0 Å². The number of ether oxygens (including phenoxy) is 2. The number of alkyl halides is 3. The van der Waals surface area contributed by atoms with Gasteiger partial charge in [-0.25, -0.2) is 4.79 Å². The predicted molar refractivity (Wildman–Crippen MR) is 104 cm³/mol. The van der Waals surface area contributed by atoms with Crippen molar-refractivity contribution in [3.05, 3.63) is 62.7 Å². The van der Waals surface area contributed by atoms with Gasteiger partial charge in [0.1, 0.15) is 23.7 Å². The van der Waals surface area contributed by atoms with Crippen LogP contribution >= 0.6 is 11.6 Å². The van der Waals surface area contributed by atoms with E-state index in [2.05, 4.69) is 0 Å². The number of carbonyl (C=O) groups is 2. The van der Waals surface area contributed by atoms with E-state index in [1.54, 1.807) is 0 Å². The Kier molecular flexibility index (Phi) is 7.98. The Morgan fingerprint density at radius 1 is 1.16 bits per heavy atom. The Balaban J connectivity index is 2.24. The van der Waals surface area contributed by atoms with Crippen molar-refractivity contribution in [3.8, 4) is 11.5 Å². The van der Waals surface area contributed by atoms with E-state index < -0.39 is 40.5 Å². The maximum Gasteiger partial charge on any atom is 0.416 e. The van der Waals surface area contributed by atoms with Crippen LogP contribution in [0.1, 0.15) is 42.1 Å². The van der Waals surface area contributed by atoms with Gasteiger partial charge < -0.3 is 9.47 Å². The van der Waals surface area contributed by atoms with E-state index in [0.29, 0.717) is 12.5 Å². The molecule has 0 radical (unpaired) electrons. The highest BCUT2D eigenvalue weighted by atomic mass is 35.5. The topological polar surface area (TPSA) is 95.7 Å². The second kappa shape index (κ2) is 10.3. The summed E-state index contributed by atoms with van der Waals surface area (Å²) in [5, 5.41) is 10.9. The second-order valence-corrected chi connectivity index (χ2v) is 6.81. The summed E-state index contributed by atoms with van der Waals surface area (Å²) in [5.74, 6) is -1.70. The van der Waals surface area contributed by atoms with Gasteiger partial charge in [0.25, 0.3) is 5.69 Å². The molecular formula is C20H17ClF3NO6. The average molecular weight is 460 g/mol. The fraction of sp³-hybridized carbons (Fsp3) is 0.300. The first-order chi connectivity index (χ1) is 14.5. The lowest BCUT2D eigenvalue weighted by atomic mass is 10.1. The first-order valence-electron chi connectivity index (χ1n) is 9.04. The van der Waals surface area contributed by atoms with Crippen LogP contribution < -0.4 is 4.74 Å². The van der Waals surface area contributed by atoms with Crippen LogP contribution in [0, 0.1) is 10.1 Å². The van der Waals surface area contributed by atoms with Crippen molar-refractivity contribution in [2.24, 2.45) is 0 Å². The summed E-state index contributed by atoms with van der Waals surface area (Å²) in [6, 6.07) is 5.52. The smallest absolute Gasteiger partial charge is 0.416 e. The molecule has 2 rings (SSSR count). The fourth-order valence-electron chi connectivity index (χ4n) is 2.46. The van der Waals surface area contributed by atoms with E-state index in [-0.39, 0.29) is 28.7 Å². The van der Waals surface area contributed by atoms with Gasteiger partial charge in [-0.15, -0.1) is 0 Å². The lowest BCUT2D eigenvalue weighted by molar-refractivity contribution is -0.385. The Bertz CT molecular complexity index is 993. The summed E-state index contributed by atoms with van der Waals surface area (Å²) in [5.41, 5.74) is -2.05. The van der Waals surface area contributed by atoms with Crippen molar-refractivity contribution < 1.29 is 37.2 Å². The number of hydrogen-bond donors (Lipinski definition) is 0. The van der Waals surface area contributed by atoms with Gasteiger partial charge in [-0.3, -0.25) is 14.9 Å². The molecule has 0 bridgehead atoms. The highest BCUT2D eigenvalue weighted by Gasteiger charge is 2.31. The van der Waals surface area contributed by atoms with Gasteiger partial charge in [-0.2, -0.15) is 13.2 Å². The van der Waals surface area contributed by atoms with E-state index >= 15 is 0 Å². The van der Waals surface area contributed by atoms with Crippen LogP contribution in [0.25, 0.3) is 0 Å². The van der Waals surface area contributed by atoms with Crippen molar-refractivity contribution in [3.63, 3.8) is 0 Å². The Morgan fingerprint density at radius 3 is 2.45 bits per heavy atom. The molecule has 0 aliphatic carbocycles. The normalized spacial score (nSPS) is 11.1. The minimum Gasteiger partial charge on any atom is -0.456 e. The van der Waals surface area contributed by atoms with Gasteiger partial charge in [-0.05, 0) is 30.7 Å². The number of Topliss-reactive ketones (excluding diaryl/α,β-unsaturated/α-hetero) is 1. The zero-order valence-electron chi connectivity index (χ0n) is 16.2. The molecule has 0 N–H and O–H groups in total. The van der Waals surface area contributed by atoms with E-state index in [4.69, 9.17) is 21.1 Å². The van der Waals surface area contributed by atoms with Crippen molar-refractivity contribution in [2.75, 3.05) is 6.61 Å². The van der Waals surface area contributed by atoms with Crippen LogP contribution in [0.3, 0.4) is 0 Å². The number of rotatable bonds is 9. The molecule has 0 heterocycles. The monoisotopic (exact) mass is 459 g/mol. The van der Waals surface area contributed by atoms with Gasteiger partial charge in [0.2, 0.25) is 0 Å². The third-order valence-electron chi connectivity index (χ3n) is 4.05. The lowest BCUT2D eigenvalue weighted by Crippen LogP contribution is -2.15. The molecule has 0 spiro atoms. The molecule has 166 valence electrons. The number of esters is 1. The number of ketones is 1. The molecule has 0 saturated heterocycles. The average Bonchev–Trinajstić information content (AvgIpc) is 2.70. The molecule has 7 nitrogen and oxygen atoms in total. The van der Waals surface area contributed by atoms with Crippen LogP contribution in [0.4, 0.5) is 18.9 Å². The molecular weight excluding hydrogens is 443 g/mol. The molecule has 0 amide bonds. The highest BCUT2D eigenvalue weighted by Crippen LogP contribution is 2.37. The standard InChI is InChI=1S/C20H17ClF3NO6/c1-2-3-4-13(26)11-30-19(27)15-10-14(6-7-17(15)25(28)29)31-18-8-5-12(9-16(18)21)20(22,23)24/h5-10H,2-4,11H2,1H3. The van der Waals surface area contributed by atoms with Crippen LogP contribution in [0.2, 0.25) is 5.02 Å². The first-order valence-corrected chi connectivity index (χ1v) is 9.42. The molecule has 2 aromatic rings. The third-order valence-corrected chi connectivity index (χ3v) is 4.34. The van der Waals surface area contributed by atoms with Crippen molar-refractivity contribution >= 4 is 29.0 Å². The summed E-state index contributed by atoms with van der Waals surface area (Å²) in [7, 11) is 0. The van der Waals surface area contributed by atoms with Crippen molar-refractivity contribution in [1.82, 2.24) is 0 Å². The zero-order valence-corrected chi connectivity index (χ0v) is 17.0. The van der Waals surface area contributed by atoms with Gasteiger partial charge in [0.15, 0.2) is 5.78 Å². The minimum atomic E-state index is -4.60. The number of nitro benzene ring substituents is 1. The third kappa shape index (κ3) is 6.68. The molecule has 0 fully saturated rings. The molecule has 0 saturated carbocycles. The van der Waals surface area contributed by atoms with E-state index in [1.807, 2.05) is 6.92 Å². The van der Waals surface area contributed by atoms with Crippen LogP contribution in [0.5, 0.6) is 11.5 Å². The number of unbranched alkanes of at least 4 members (excludes halogenated alkanes) is 1. The Morgan fingerprint density at radius 2 is 1.87 bits per heavy atom. The van der Waals surface area contributed by atoms with Crippen molar-refractivity contribution in [1.29, 1.82) is 0 Å². The van der Waals surface area contributed by atoms with E-state index in [0.717, 1.165) is 36.8 Å². The number of carbonyl (C=O) groups excluding carboxylic acids is 2. The van der Waals surface area contributed by atoms with Crippen LogP contribution in [-0.2, 0) is 15.7 Å². The molecule has 0 atom stereocenters. The number of benzene rings is 2. The Labute approximate surface area is 179 Å². The maximum atomic E-state index is 12.7. The second-order valence-electron chi connectivity index (χ2n) is 6.40. The van der Waals surface area contributed by atoms with Crippen LogP contribution in [0.15, 0.2) is 36.4 Å².